The molecule has 0 spiro atoms. The first-order valence-electron chi connectivity index (χ1n) is 11.7. The number of carboxylic acid groups (broad SMARTS) is 1. The number of ether oxygens (including phenoxy) is 2. The molecule has 0 amide bonds. The number of nitrogens with zero attached hydrogens (tertiary/aromatic N) is 2. The minimum Gasteiger partial charge on any atom is -0.480 e. The van der Waals surface area contributed by atoms with Crippen molar-refractivity contribution in [2.45, 2.75) is 72.8 Å². The third-order valence-electron chi connectivity index (χ3n) is 5.99. The van der Waals surface area contributed by atoms with Crippen LogP contribution < -0.4 is 11.2 Å². The van der Waals surface area contributed by atoms with E-state index in [1.54, 1.807) is 13.8 Å². The van der Waals surface area contributed by atoms with E-state index in [9.17, 15) is 24.3 Å². The monoisotopic (exact) mass is 516 g/mol. The summed E-state index contributed by atoms with van der Waals surface area (Å²) in [5, 5.41) is 9.95. The highest BCUT2D eigenvalue weighted by Gasteiger charge is 2.36. The quantitative estimate of drug-likeness (QED) is 0.427. The van der Waals surface area contributed by atoms with E-state index in [0.717, 1.165) is 27.0 Å². The Hall–Kier alpha value is -3.24. The zero-order valence-corrected chi connectivity index (χ0v) is 22.4. The van der Waals surface area contributed by atoms with Gasteiger partial charge in [0.05, 0.1) is 24.6 Å². The molecular weight excluding hydrogens is 484 g/mol. The van der Waals surface area contributed by atoms with Gasteiger partial charge in [-0.05, 0) is 59.6 Å². The number of aromatic nitrogens is 2. The molecule has 1 aromatic carbocycles. The van der Waals surface area contributed by atoms with Crippen LogP contribution in [0, 0.1) is 13.8 Å². The largest absolute Gasteiger partial charge is 0.480 e. The Labute approximate surface area is 212 Å². The Bertz CT molecular complexity index is 1410. The second-order valence-corrected chi connectivity index (χ2v) is 10.4. The van der Waals surface area contributed by atoms with Gasteiger partial charge in [-0.3, -0.25) is 9.36 Å². The molecule has 36 heavy (non-hydrogen) atoms. The predicted molar refractivity (Wildman–Crippen MR) is 138 cm³/mol. The van der Waals surface area contributed by atoms with E-state index in [0.29, 0.717) is 5.56 Å². The van der Waals surface area contributed by atoms with Crippen LogP contribution in [-0.4, -0.2) is 38.9 Å². The number of aryl methyl sites for hydroxylation is 2. The zero-order chi connectivity index (χ0) is 26.9. The molecule has 2 heterocycles. The summed E-state index contributed by atoms with van der Waals surface area (Å²) in [6.07, 6.45) is -0.747. The van der Waals surface area contributed by atoms with Crippen molar-refractivity contribution in [3.05, 3.63) is 66.7 Å². The molecule has 0 radical (unpaired) electrons. The molecule has 0 saturated carbocycles. The summed E-state index contributed by atoms with van der Waals surface area (Å²) in [7, 11) is 0. The number of hydrogen-bond acceptors (Lipinski definition) is 7. The highest BCUT2D eigenvalue weighted by molar-refractivity contribution is 7.20. The van der Waals surface area contributed by atoms with Gasteiger partial charge in [0.15, 0.2) is 0 Å². The molecule has 10 heteroatoms. The molecule has 0 saturated heterocycles. The molecule has 194 valence electrons. The maximum atomic E-state index is 13.8. The van der Waals surface area contributed by atoms with Gasteiger partial charge in [0.1, 0.15) is 21.4 Å². The van der Waals surface area contributed by atoms with Gasteiger partial charge >= 0.3 is 17.6 Å². The average molecular weight is 517 g/mol. The normalized spacial score (nSPS) is 12.8. The zero-order valence-electron chi connectivity index (χ0n) is 21.6. The minimum atomic E-state index is -1.83. The van der Waals surface area contributed by atoms with E-state index >= 15 is 0 Å². The lowest BCUT2D eigenvalue weighted by Gasteiger charge is -2.26. The number of esters is 1. The van der Waals surface area contributed by atoms with Gasteiger partial charge < -0.3 is 14.6 Å². The van der Waals surface area contributed by atoms with Crippen LogP contribution in [0.15, 0.2) is 33.9 Å². The van der Waals surface area contributed by atoms with Crippen LogP contribution in [0.2, 0.25) is 0 Å². The maximum Gasteiger partial charge on any atom is 0.348 e. The molecular formula is C26H32N2O7S. The van der Waals surface area contributed by atoms with Crippen molar-refractivity contribution in [3.8, 4) is 0 Å². The van der Waals surface area contributed by atoms with E-state index in [1.807, 2.05) is 45.0 Å². The standard InChI is InChI=1S/C26H32N2O7S/c1-8-34-23(30)20-16(5)19-21(29)28(26(6,7)24(31)32)25(33)27(22(19)36-20)13-18(35-14(2)3)17-11-9-15(4)10-12-17/h9-12,14,18H,8,13H2,1-7H3,(H,31,32)/t18-/m1/s1. The minimum absolute atomic E-state index is 0.00870. The lowest BCUT2D eigenvalue weighted by Crippen LogP contribution is -2.52. The Morgan fingerprint density at radius 3 is 2.25 bits per heavy atom. The van der Waals surface area contributed by atoms with Gasteiger partial charge in [-0.25, -0.2) is 19.0 Å². The number of fused-ring (bicyclic) bond motifs is 1. The number of carboxylic acids is 1. The predicted octanol–water partition coefficient (Wildman–Crippen LogP) is 4.00. The van der Waals surface area contributed by atoms with Crippen LogP contribution in [0.1, 0.15) is 67.1 Å². The van der Waals surface area contributed by atoms with Crippen molar-refractivity contribution in [3.63, 3.8) is 0 Å². The van der Waals surface area contributed by atoms with Gasteiger partial charge in [0.25, 0.3) is 5.56 Å². The summed E-state index contributed by atoms with van der Waals surface area (Å²) >= 11 is 0.985. The van der Waals surface area contributed by atoms with Crippen molar-refractivity contribution in [2.75, 3.05) is 6.61 Å². The third-order valence-corrected chi connectivity index (χ3v) is 7.28. The topological polar surface area (TPSA) is 117 Å². The molecule has 9 nitrogen and oxygen atoms in total. The molecule has 0 aliphatic rings. The summed E-state index contributed by atoms with van der Waals surface area (Å²) in [4.78, 5) is 52.5. The van der Waals surface area contributed by atoms with Gasteiger partial charge in [-0.1, -0.05) is 29.8 Å². The van der Waals surface area contributed by atoms with Crippen molar-refractivity contribution in [1.82, 2.24) is 9.13 Å². The fraction of sp³-hybridized carbons (Fsp3) is 0.462. The highest BCUT2D eigenvalue weighted by atomic mass is 32.1. The SMILES string of the molecule is CCOC(=O)c1sc2c(c1C)c(=O)n(C(C)(C)C(=O)O)c(=O)n2C[C@@H](OC(C)C)c1ccc(C)cc1. The second-order valence-electron chi connectivity index (χ2n) is 9.44. The van der Waals surface area contributed by atoms with E-state index < -0.39 is 34.8 Å². The second kappa shape index (κ2) is 10.4. The lowest BCUT2D eigenvalue weighted by molar-refractivity contribution is -0.146. The third kappa shape index (κ3) is 5.01. The Kier molecular flexibility index (Phi) is 7.90. The summed E-state index contributed by atoms with van der Waals surface area (Å²) < 4.78 is 13.4. The molecule has 1 N–H and O–H groups in total. The Morgan fingerprint density at radius 2 is 1.72 bits per heavy atom. The van der Waals surface area contributed by atoms with Gasteiger partial charge in [-0.2, -0.15) is 0 Å². The van der Waals surface area contributed by atoms with Crippen molar-refractivity contribution < 1.29 is 24.2 Å². The fourth-order valence-electron chi connectivity index (χ4n) is 3.99. The first kappa shape index (κ1) is 27.3. The number of carbonyl (C=O) groups is 2. The molecule has 0 aliphatic heterocycles. The van der Waals surface area contributed by atoms with E-state index in [4.69, 9.17) is 9.47 Å². The van der Waals surface area contributed by atoms with Crippen LogP contribution in [0.5, 0.6) is 0 Å². The van der Waals surface area contributed by atoms with Crippen molar-refractivity contribution >= 4 is 33.5 Å². The van der Waals surface area contributed by atoms with Crippen molar-refractivity contribution in [2.24, 2.45) is 0 Å². The van der Waals surface area contributed by atoms with Crippen molar-refractivity contribution in [1.29, 1.82) is 0 Å². The lowest BCUT2D eigenvalue weighted by atomic mass is 10.0. The summed E-state index contributed by atoms with van der Waals surface area (Å²) in [6.45, 7) is 11.7. The molecule has 3 aromatic rings. The van der Waals surface area contributed by atoms with Gasteiger partial charge in [0.2, 0.25) is 0 Å². The number of benzene rings is 1. The van der Waals surface area contributed by atoms with E-state index in [-0.39, 0.29) is 34.3 Å². The summed E-state index contributed by atoms with van der Waals surface area (Å²) in [5.41, 5.74) is -1.16. The van der Waals surface area contributed by atoms with Gasteiger partial charge in [-0.15, -0.1) is 11.3 Å². The summed E-state index contributed by atoms with van der Waals surface area (Å²) in [5.74, 6) is -1.94. The highest BCUT2D eigenvalue weighted by Crippen LogP contribution is 2.31. The van der Waals surface area contributed by atoms with Crippen LogP contribution in [0.4, 0.5) is 0 Å². The summed E-state index contributed by atoms with van der Waals surface area (Å²) in [6, 6.07) is 7.69. The maximum absolute atomic E-state index is 13.8. The number of hydrogen-bond donors (Lipinski definition) is 1. The van der Waals surface area contributed by atoms with Crippen LogP contribution in [-0.2, 0) is 26.4 Å². The molecule has 1 atom stereocenters. The first-order valence-corrected chi connectivity index (χ1v) is 12.5. The first-order chi connectivity index (χ1) is 16.8. The van der Waals surface area contributed by atoms with Crippen LogP contribution >= 0.6 is 11.3 Å². The number of rotatable bonds is 9. The Balaban J connectivity index is 2.37. The number of thiophene rings is 1. The van der Waals surface area contributed by atoms with E-state index in [2.05, 4.69) is 0 Å². The molecule has 0 bridgehead atoms. The molecule has 0 fully saturated rings. The molecule has 0 aliphatic carbocycles. The smallest absolute Gasteiger partial charge is 0.348 e. The van der Waals surface area contributed by atoms with Gasteiger partial charge in [0, 0.05) is 0 Å². The number of carbonyl (C=O) groups excluding carboxylic acids is 1. The molecule has 2 aromatic heterocycles. The molecule has 3 rings (SSSR count). The Morgan fingerprint density at radius 1 is 1.11 bits per heavy atom. The average Bonchev–Trinajstić information content (AvgIpc) is 3.13. The number of aliphatic carboxylic acids is 1. The molecule has 0 unspecified atom stereocenters. The van der Waals surface area contributed by atoms with Crippen LogP contribution in [0.25, 0.3) is 10.2 Å². The van der Waals surface area contributed by atoms with Crippen LogP contribution in [0.3, 0.4) is 0 Å². The fourth-order valence-corrected chi connectivity index (χ4v) is 5.19. The van der Waals surface area contributed by atoms with E-state index in [1.165, 1.54) is 18.4 Å².